The van der Waals surface area contributed by atoms with Gasteiger partial charge in [0.05, 0.1) is 25.5 Å². The maximum Gasteiger partial charge on any atom is 0.326 e. The second-order valence-corrected chi connectivity index (χ2v) is 9.13. The molecule has 0 unspecified atom stereocenters. The lowest BCUT2D eigenvalue weighted by Gasteiger charge is -2.24. The average Bonchev–Trinajstić information content (AvgIpc) is 3.21. The molecule has 1 fully saturated rings. The number of carbonyl (C=O) groups excluding carboxylic acids is 1. The van der Waals surface area contributed by atoms with Crippen LogP contribution < -0.4 is 14.8 Å². The van der Waals surface area contributed by atoms with E-state index in [1.165, 1.54) is 6.42 Å². The number of rotatable bonds is 10. The molecule has 1 aromatic carbocycles. The molecule has 1 atom stereocenters. The number of carboxylic acids is 1. The number of carbonyl (C=O) groups is 2. The van der Waals surface area contributed by atoms with Crippen molar-refractivity contribution in [3.63, 3.8) is 0 Å². The molecular weight excluding hydrogens is 422 g/mol. The first-order chi connectivity index (χ1) is 15.8. The summed E-state index contributed by atoms with van der Waals surface area (Å²) in [6.07, 6.45) is 5.91. The summed E-state index contributed by atoms with van der Waals surface area (Å²) >= 11 is 0. The minimum atomic E-state index is -1.01. The number of nitrogens with zero attached hydrogens (tertiary/aromatic N) is 2. The Morgan fingerprint density at radius 3 is 2.33 bits per heavy atom. The molecule has 1 aliphatic rings. The first-order valence-electron chi connectivity index (χ1n) is 11.7. The summed E-state index contributed by atoms with van der Waals surface area (Å²) in [7, 11) is 3.16. The van der Waals surface area contributed by atoms with E-state index in [4.69, 9.17) is 9.47 Å². The van der Waals surface area contributed by atoms with Crippen molar-refractivity contribution in [3.8, 4) is 22.8 Å². The largest absolute Gasteiger partial charge is 0.496 e. The van der Waals surface area contributed by atoms with Crippen molar-refractivity contribution in [1.29, 1.82) is 0 Å². The van der Waals surface area contributed by atoms with Crippen molar-refractivity contribution in [2.75, 3.05) is 14.2 Å². The van der Waals surface area contributed by atoms with E-state index >= 15 is 0 Å². The van der Waals surface area contributed by atoms with Crippen LogP contribution in [-0.4, -0.2) is 47.0 Å². The lowest BCUT2D eigenvalue weighted by Crippen LogP contribution is -2.42. The van der Waals surface area contributed by atoms with Gasteiger partial charge >= 0.3 is 5.97 Å². The van der Waals surface area contributed by atoms with Crippen molar-refractivity contribution < 1.29 is 24.2 Å². The van der Waals surface area contributed by atoms with Gasteiger partial charge in [-0.1, -0.05) is 52.0 Å². The Morgan fingerprint density at radius 2 is 1.79 bits per heavy atom. The molecule has 1 amide bonds. The fourth-order valence-electron chi connectivity index (χ4n) is 4.53. The standard InChI is InChI=1S/C25H35N3O5/c1-16(2)15-28-20(23-21(32-3)11-8-12-22(23)33-4)14-18(27-28)24(29)26-19(25(30)31)13-17-9-6-5-7-10-17/h8,11-12,14,16-17,19H,5-7,9-10,13,15H2,1-4H3,(H,26,29)(H,30,31)/t19-/m0/s1. The third-order valence-corrected chi connectivity index (χ3v) is 6.13. The van der Waals surface area contributed by atoms with Gasteiger partial charge in [-0.05, 0) is 36.5 Å². The molecule has 0 bridgehead atoms. The van der Waals surface area contributed by atoms with E-state index in [0.717, 1.165) is 25.7 Å². The molecule has 8 heteroatoms. The highest BCUT2D eigenvalue weighted by atomic mass is 16.5. The van der Waals surface area contributed by atoms with Gasteiger partial charge < -0.3 is 19.9 Å². The second-order valence-electron chi connectivity index (χ2n) is 9.13. The van der Waals surface area contributed by atoms with Crippen LogP contribution >= 0.6 is 0 Å². The number of hydrogen-bond donors (Lipinski definition) is 2. The third-order valence-electron chi connectivity index (χ3n) is 6.13. The normalized spacial score (nSPS) is 15.3. The van der Waals surface area contributed by atoms with Crippen LogP contribution in [0, 0.1) is 11.8 Å². The van der Waals surface area contributed by atoms with Crippen molar-refractivity contribution in [1.82, 2.24) is 15.1 Å². The number of methoxy groups -OCH3 is 2. The smallest absolute Gasteiger partial charge is 0.326 e. The fraction of sp³-hybridized carbons (Fsp3) is 0.560. The van der Waals surface area contributed by atoms with Gasteiger partial charge in [-0.25, -0.2) is 4.79 Å². The minimum absolute atomic E-state index is 0.175. The van der Waals surface area contributed by atoms with Gasteiger partial charge in [-0.15, -0.1) is 0 Å². The van der Waals surface area contributed by atoms with Crippen molar-refractivity contribution in [2.45, 2.75) is 65.0 Å². The van der Waals surface area contributed by atoms with Gasteiger partial charge in [0.2, 0.25) is 0 Å². The highest BCUT2D eigenvalue weighted by Crippen LogP contribution is 2.39. The van der Waals surface area contributed by atoms with Crippen molar-refractivity contribution >= 4 is 11.9 Å². The number of hydrogen-bond acceptors (Lipinski definition) is 5. The average molecular weight is 458 g/mol. The van der Waals surface area contributed by atoms with Crippen molar-refractivity contribution in [2.24, 2.45) is 11.8 Å². The second kappa shape index (κ2) is 11.2. The predicted molar refractivity (Wildman–Crippen MR) is 126 cm³/mol. The molecule has 1 aromatic heterocycles. The number of carboxylic acid groups (broad SMARTS) is 1. The molecule has 1 aliphatic carbocycles. The van der Waals surface area contributed by atoms with Gasteiger partial charge in [0.25, 0.3) is 5.91 Å². The highest BCUT2D eigenvalue weighted by Gasteiger charge is 2.28. The Balaban J connectivity index is 1.91. The Morgan fingerprint density at radius 1 is 1.15 bits per heavy atom. The van der Waals surface area contributed by atoms with E-state index in [1.54, 1.807) is 25.0 Å². The number of aromatic nitrogens is 2. The maximum absolute atomic E-state index is 13.1. The van der Waals surface area contributed by atoms with Gasteiger partial charge in [-0.2, -0.15) is 5.10 Å². The number of aliphatic carboxylic acids is 1. The van der Waals surface area contributed by atoms with E-state index < -0.39 is 17.9 Å². The predicted octanol–water partition coefficient (Wildman–Crippen LogP) is 4.38. The van der Waals surface area contributed by atoms with Crippen LogP contribution in [-0.2, 0) is 11.3 Å². The molecule has 33 heavy (non-hydrogen) atoms. The molecule has 0 spiro atoms. The molecule has 0 saturated heterocycles. The molecule has 1 saturated carbocycles. The van der Waals surface area contributed by atoms with Crippen LogP contribution in [0.25, 0.3) is 11.3 Å². The summed E-state index contributed by atoms with van der Waals surface area (Å²) < 4.78 is 12.9. The van der Waals surface area contributed by atoms with Crippen LogP contribution in [0.15, 0.2) is 24.3 Å². The first-order valence-corrected chi connectivity index (χ1v) is 11.7. The van der Waals surface area contributed by atoms with E-state index in [-0.39, 0.29) is 11.6 Å². The summed E-state index contributed by atoms with van der Waals surface area (Å²) in [6.45, 7) is 4.71. The van der Waals surface area contributed by atoms with Crippen LogP contribution in [0.5, 0.6) is 11.5 Å². The summed E-state index contributed by atoms with van der Waals surface area (Å²) in [5, 5.41) is 17.0. The van der Waals surface area contributed by atoms with E-state index in [1.807, 2.05) is 18.2 Å². The van der Waals surface area contributed by atoms with Gasteiger partial charge in [-0.3, -0.25) is 9.48 Å². The van der Waals surface area contributed by atoms with Crippen LogP contribution in [0.2, 0.25) is 0 Å². The zero-order valence-electron chi connectivity index (χ0n) is 20.0. The van der Waals surface area contributed by atoms with Crippen LogP contribution in [0.1, 0.15) is 62.9 Å². The van der Waals surface area contributed by atoms with Gasteiger partial charge in [0, 0.05) is 6.54 Å². The monoisotopic (exact) mass is 457 g/mol. The Hall–Kier alpha value is -3.03. The lowest BCUT2D eigenvalue weighted by molar-refractivity contribution is -0.139. The number of nitrogens with one attached hydrogen (secondary N) is 1. The molecule has 2 N–H and O–H groups in total. The summed E-state index contributed by atoms with van der Waals surface area (Å²) in [6, 6.07) is 6.24. The third kappa shape index (κ3) is 6.06. The summed E-state index contributed by atoms with van der Waals surface area (Å²) in [5.74, 6) is 0.308. The first kappa shape index (κ1) is 24.6. The summed E-state index contributed by atoms with van der Waals surface area (Å²) in [4.78, 5) is 25.0. The quantitative estimate of drug-likeness (QED) is 0.549. The zero-order valence-corrected chi connectivity index (χ0v) is 20.0. The molecule has 0 aliphatic heterocycles. The SMILES string of the molecule is COc1cccc(OC)c1-c1cc(C(=O)N[C@@H](CC2CCCCC2)C(=O)O)nn1CC(C)C. The molecule has 2 aromatic rings. The minimum Gasteiger partial charge on any atom is -0.496 e. The van der Waals surface area contributed by atoms with Gasteiger partial charge in [0.1, 0.15) is 17.5 Å². The topological polar surface area (TPSA) is 103 Å². The summed E-state index contributed by atoms with van der Waals surface area (Å²) in [5.41, 5.74) is 1.56. The van der Waals surface area contributed by atoms with E-state index in [9.17, 15) is 14.7 Å². The van der Waals surface area contributed by atoms with Crippen LogP contribution in [0.4, 0.5) is 0 Å². The Kier molecular flexibility index (Phi) is 8.36. The number of amides is 1. The number of ether oxygens (including phenoxy) is 2. The Bertz CT molecular complexity index is 941. The van der Waals surface area contributed by atoms with E-state index in [0.29, 0.717) is 41.6 Å². The molecule has 180 valence electrons. The number of benzene rings is 1. The lowest BCUT2D eigenvalue weighted by atomic mass is 9.85. The molecule has 1 heterocycles. The van der Waals surface area contributed by atoms with Crippen LogP contribution in [0.3, 0.4) is 0 Å². The maximum atomic E-state index is 13.1. The molecular formula is C25H35N3O5. The molecule has 3 rings (SSSR count). The Labute approximate surface area is 195 Å². The van der Waals surface area contributed by atoms with Crippen molar-refractivity contribution in [3.05, 3.63) is 30.0 Å². The molecule has 0 radical (unpaired) electrons. The molecule has 8 nitrogen and oxygen atoms in total. The zero-order chi connectivity index (χ0) is 24.0. The van der Waals surface area contributed by atoms with Gasteiger partial charge in [0.15, 0.2) is 5.69 Å². The highest BCUT2D eigenvalue weighted by molar-refractivity contribution is 5.96. The van der Waals surface area contributed by atoms with E-state index in [2.05, 4.69) is 24.3 Å². The fourth-order valence-corrected chi connectivity index (χ4v) is 4.53.